The zero-order valence-corrected chi connectivity index (χ0v) is 24.1. The highest BCUT2D eigenvalue weighted by molar-refractivity contribution is 7.92. The summed E-state index contributed by atoms with van der Waals surface area (Å²) in [6.45, 7) is 3.80. The molecule has 0 bridgehead atoms. The lowest BCUT2D eigenvalue weighted by molar-refractivity contribution is -0.384. The van der Waals surface area contributed by atoms with Gasteiger partial charge in [-0.25, -0.2) is 8.42 Å². The smallest absolute Gasteiger partial charge is 0.271 e. The standard InChI is InChI=1S/C30H36N4O6S/c1-3-5-20-31-30(36)28(4-2)32(21-19-24-13-8-6-9-14-24)29(35)23-33(25-15-12-16-26(22-25)34(37)38)41(39,40)27-17-10-7-11-18-27/h6-18,22,28H,3-5,19-21,23H2,1-2H3,(H,31,36). The minimum absolute atomic E-state index is 0.0279. The molecule has 0 saturated heterocycles. The van der Waals surface area contributed by atoms with Crippen LogP contribution in [-0.2, 0) is 26.0 Å². The number of benzene rings is 3. The van der Waals surface area contributed by atoms with Crippen LogP contribution in [0.2, 0.25) is 0 Å². The molecule has 0 fully saturated rings. The molecule has 0 aliphatic rings. The first-order valence-corrected chi connectivity index (χ1v) is 15.1. The van der Waals surface area contributed by atoms with Crippen LogP contribution >= 0.6 is 0 Å². The molecule has 0 spiro atoms. The molecular weight excluding hydrogens is 544 g/mol. The van der Waals surface area contributed by atoms with Crippen molar-refractivity contribution in [3.63, 3.8) is 0 Å². The van der Waals surface area contributed by atoms with E-state index in [1.54, 1.807) is 25.1 Å². The van der Waals surface area contributed by atoms with Crippen LogP contribution in [0.5, 0.6) is 0 Å². The van der Waals surface area contributed by atoms with Crippen LogP contribution in [0.4, 0.5) is 11.4 Å². The second-order valence-corrected chi connectivity index (χ2v) is 11.4. The molecule has 218 valence electrons. The largest absolute Gasteiger partial charge is 0.354 e. The first-order chi connectivity index (χ1) is 19.7. The van der Waals surface area contributed by atoms with E-state index in [2.05, 4.69) is 5.32 Å². The van der Waals surface area contributed by atoms with Crippen molar-refractivity contribution in [1.29, 1.82) is 0 Å². The molecule has 11 heteroatoms. The number of hydrogen-bond acceptors (Lipinski definition) is 6. The van der Waals surface area contributed by atoms with Crippen molar-refractivity contribution in [3.8, 4) is 0 Å². The number of carbonyl (C=O) groups excluding carboxylic acids is 2. The summed E-state index contributed by atoms with van der Waals surface area (Å²) in [7, 11) is -4.30. The molecule has 41 heavy (non-hydrogen) atoms. The maximum absolute atomic E-state index is 14.0. The number of rotatable bonds is 15. The van der Waals surface area contributed by atoms with Gasteiger partial charge in [0.05, 0.1) is 15.5 Å². The predicted octanol–water partition coefficient (Wildman–Crippen LogP) is 4.56. The number of nitrogens with zero attached hydrogens (tertiary/aromatic N) is 3. The van der Waals surface area contributed by atoms with Crippen LogP contribution in [0.1, 0.15) is 38.7 Å². The molecule has 0 heterocycles. The summed E-state index contributed by atoms with van der Waals surface area (Å²) in [5.74, 6) is -0.903. The van der Waals surface area contributed by atoms with Gasteiger partial charge in [0.2, 0.25) is 11.8 Å². The quantitative estimate of drug-likeness (QED) is 0.159. The van der Waals surface area contributed by atoms with Gasteiger partial charge in [0.1, 0.15) is 12.6 Å². The van der Waals surface area contributed by atoms with E-state index >= 15 is 0 Å². The van der Waals surface area contributed by atoms with Crippen molar-refractivity contribution >= 4 is 33.2 Å². The number of unbranched alkanes of at least 4 members (excludes halogenated alkanes) is 1. The molecule has 1 atom stereocenters. The van der Waals surface area contributed by atoms with Crippen molar-refractivity contribution in [2.75, 3.05) is 23.9 Å². The van der Waals surface area contributed by atoms with E-state index in [-0.39, 0.29) is 28.7 Å². The molecule has 10 nitrogen and oxygen atoms in total. The Kier molecular flexibility index (Phi) is 11.4. The monoisotopic (exact) mass is 580 g/mol. The van der Waals surface area contributed by atoms with Crippen LogP contribution < -0.4 is 9.62 Å². The van der Waals surface area contributed by atoms with Gasteiger partial charge in [-0.15, -0.1) is 0 Å². The molecule has 2 amide bonds. The number of anilines is 1. The van der Waals surface area contributed by atoms with E-state index in [0.29, 0.717) is 19.4 Å². The van der Waals surface area contributed by atoms with Gasteiger partial charge in [0, 0.05) is 25.2 Å². The number of amides is 2. The van der Waals surface area contributed by atoms with Crippen LogP contribution in [0, 0.1) is 10.1 Å². The maximum atomic E-state index is 14.0. The summed E-state index contributed by atoms with van der Waals surface area (Å²) in [6.07, 6.45) is 2.45. The van der Waals surface area contributed by atoms with E-state index in [1.807, 2.05) is 37.3 Å². The Morgan fingerprint density at radius 3 is 2.22 bits per heavy atom. The minimum Gasteiger partial charge on any atom is -0.354 e. The van der Waals surface area contributed by atoms with Gasteiger partial charge in [0.15, 0.2) is 0 Å². The molecule has 0 aromatic heterocycles. The zero-order valence-electron chi connectivity index (χ0n) is 23.3. The lowest BCUT2D eigenvalue weighted by Crippen LogP contribution is -2.53. The van der Waals surface area contributed by atoms with Crippen molar-refractivity contribution in [1.82, 2.24) is 10.2 Å². The maximum Gasteiger partial charge on any atom is 0.271 e. The van der Waals surface area contributed by atoms with Crippen LogP contribution in [0.25, 0.3) is 0 Å². The number of hydrogen-bond donors (Lipinski definition) is 1. The highest BCUT2D eigenvalue weighted by Gasteiger charge is 2.33. The topological polar surface area (TPSA) is 130 Å². The second kappa shape index (κ2) is 14.9. The molecule has 3 rings (SSSR count). The normalized spacial score (nSPS) is 11.9. The molecule has 0 aliphatic carbocycles. The van der Waals surface area contributed by atoms with E-state index in [4.69, 9.17) is 0 Å². The Morgan fingerprint density at radius 1 is 0.951 bits per heavy atom. The van der Waals surface area contributed by atoms with Crippen molar-refractivity contribution < 1.29 is 22.9 Å². The number of carbonyl (C=O) groups is 2. The Morgan fingerprint density at radius 2 is 1.61 bits per heavy atom. The number of nitrogens with one attached hydrogen (secondary N) is 1. The molecular formula is C30H36N4O6S. The summed E-state index contributed by atoms with van der Waals surface area (Å²) < 4.78 is 28.5. The van der Waals surface area contributed by atoms with Crippen LogP contribution in [-0.4, -0.2) is 55.7 Å². The number of nitro groups is 1. The Hall–Kier alpha value is -4.25. The van der Waals surface area contributed by atoms with Crippen molar-refractivity contribution in [2.45, 2.75) is 50.5 Å². The Labute approximate surface area is 241 Å². The van der Waals surface area contributed by atoms with E-state index < -0.39 is 33.4 Å². The summed E-state index contributed by atoms with van der Waals surface area (Å²) in [4.78, 5) is 39.4. The summed E-state index contributed by atoms with van der Waals surface area (Å²) in [5, 5.41) is 14.4. The van der Waals surface area contributed by atoms with Gasteiger partial charge in [-0.2, -0.15) is 0 Å². The van der Waals surface area contributed by atoms with Gasteiger partial charge in [-0.1, -0.05) is 74.9 Å². The molecule has 3 aromatic rings. The number of non-ortho nitro benzene ring substituents is 1. The molecule has 0 saturated carbocycles. The summed E-state index contributed by atoms with van der Waals surface area (Å²) in [6, 6.07) is 21.4. The SMILES string of the molecule is CCCCNC(=O)C(CC)N(CCc1ccccc1)C(=O)CN(c1cccc([N+](=O)[O-])c1)S(=O)(=O)c1ccccc1. The lowest BCUT2D eigenvalue weighted by atomic mass is 10.1. The minimum atomic E-state index is -4.30. The van der Waals surface area contributed by atoms with Crippen molar-refractivity contribution in [3.05, 3.63) is 101 Å². The molecule has 0 radical (unpaired) electrons. The second-order valence-electron chi connectivity index (χ2n) is 9.49. The number of sulfonamides is 1. The Balaban J connectivity index is 2.01. The predicted molar refractivity (Wildman–Crippen MR) is 158 cm³/mol. The molecule has 1 unspecified atom stereocenters. The van der Waals surface area contributed by atoms with Gasteiger partial charge >= 0.3 is 0 Å². The van der Waals surface area contributed by atoms with Gasteiger partial charge in [0.25, 0.3) is 15.7 Å². The first-order valence-electron chi connectivity index (χ1n) is 13.6. The molecule has 0 aliphatic heterocycles. The third-order valence-corrected chi connectivity index (χ3v) is 8.43. The van der Waals surface area contributed by atoms with E-state index in [0.717, 1.165) is 28.8 Å². The first kappa shape index (κ1) is 31.3. The van der Waals surface area contributed by atoms with E-state index in [9.17, 15) is 28.1 Å². The highest BCUT2D eigenvalue weighted by atomic mass is 32.2. The lowest BCUT2D eigenvalue weighted by Gasteiger charge is -2.33. The average Bonchev–Trinajstić information content (AvgIpc) is 2.98. The summed E-state index contributed by atoms with van der Waals surface area (Å²) in [5.41, 5.74) is 0.615. The fourth-order valence-corrected chi connectivity index (χ4v) is 5.84. The molecule has 3 aromatic carbocycles. The van der Waals surface area contributed by atoms with Gasteiger partial charge in [-0.05, 0) is 43.0 Å². The van der Waals surface area contributed by atoms with Gasteiger partial charge < -0.3 is 10.2 Å². The average molecular weight is 581 g/mol. The van der Waals surface area contributed by atoms with Crippen LogP contribution in [0.3, 0.4) is 0 Å². The van der Waals surface area contributed by atoms with E-state index in [1.165, 1.54) is 35.2 Å². The summed E-state index contributed by atoms with van der Waals surface area (Å²) >= 11 is 0. The fourth-order valence-electron chi connectivity index (χ4n) is 4.41. The molecule has 1 N–H and O–H groups in total. The third kappa shape index (κ3) is 8.37. The fraction of sp³-hybridized carbons (Fsp3) is 0.333. The van der Waals surface area contributed by atoms with Crippen LogP contribution in [0.15, 0.2) is 89.8 Å². The highest BCUT2D eigenvalue weighted by Crippen LogP contribution is 2.27. The third-order valence-electron chi connectivity index (χ3n) is 6.64. The van der Waals surface area contributed by atoms with Gasteiger partial charge in [-0.3, -0.25) is 24.0 Å². The number of nitro benzene ring substituents is 1. The zero-order chi connectivity index (χ0) is 29.8. The van der Waals surface area contributed by atoms with Crippen molar-refractivity contribution in [2.24, 2.45) is 0 Å². The Bertz CT molecular complexity index is 1420.